The summed E-state index contributed by atoms with van der Waals surface area (Å²) in [4.78, 5) is 2.58. The second-order valence-electron chi connectivity index (χ2n) is 6.42. The van der Waals surface area contributed by atoms with Gasteiger partial charge in [0.1, 0.15) is 12.4 Å². The molecule has 2 fully saturated rings. The van der Waals surface area contributed by atoms with Crippen LogP contribution in [-0.2, 0) is 6.54 Å². The van der Waals surface area contributed by atoms with Crippen LogP contribution in [0.15, 0.2) is 24.3 Å². The first-order chi connectivity index (χ1) is 10.3. The van der Waals surface area contributed by atoms with Gasteiger partial charge in [-0.3, -0.25) is 4.90 Å². The van der Waals surface area contributed by atoms with Crippen LogP contribution in [0.4, 0.5) is 0 Å². The molecule has 1 aromatic carbocycles. The quantitative estimate of drug-likeness (QED) is 0.715. The number of benzene rings is 1. The summed E-state index contributed by atoms with van der Waals surface area (Å²) in [6.45, 7) is 6.29. The van der Waals surface area contributed by atoms with Crippen molar-refractivity contribution in [1.82, 2.24) is 10.2 Å². The minimum Gasteiger partial charge on any atom is -0.492 e. The van der Waals surface area contributed by atoms with Crippen LogP contribution in [0.25, 0.3) is 0 Å². The Morgan fingerprint density at radius 2 is 2.05 bits per heavy atom. The number of nitrogens with one attached hydrogen (secondary N) is 1. The zero-order valence-electron chi connectivity index (χ0n) is 13.2. The topological polar surface area (TPSA) is 24.5 Å². The zero-order chi connectivity index (χ0) is 14.5. The van der Waals surface area contributed by atoms with Gasteiger partial charge in [-0.25, -0.2) is 0 Å². The molecular formula is C18H28N2O. The summed E-state index contributed by atoms with van der Waals surface area (Å²) >= 11 is 0. The van der Waals surface area contributed by atoms with Crippen molar-refractivity contribution in [2.45, 2.75) is 57.7 Å². The molecular weight excluding hydrogens is 260 g/mol. The largest absolute Gasteiger partial charge is 0.492 e. The van der Waals surface area contributed by atoms with Crippen molar-refractivity contribution < 1.29 is 4.74 Å². The molecule has 0 unspecified atom stereocenters. The molecule has 2 aliphatic carbocycles. The third-order valence-corrected chi connectivity index (χ3v) is 4.29. The van der Waals surface area contributed by atoms with E-state index in [1.165, 1.54) is 44.2 Å². The van der Waals surface area contributed by atoms with Crippen molar-refractivity contribution in [1.29, 1.82) is 0 Å². The summed E-state index contributed by atoms with van der Waals surface area (Å²) in [5, 5.41) is 3.55. The Hall–Kier alpha value is -1.06. The van der Waals surface area contributed by atoms with Gasteiger partial charge in [0.2, 0.25) is 0 Å². The smallest absolute Gasteiger partial charge is 0.119 e. The maximum absolute atomic E-state index is 5.95. The van der Waals surface area contributed by atoms with Gasteiger partial charge >= 0.3 is 0 Å². The van der Waals surface area contributed by atoms with Crippen LogP contribution in [0.2, 0.25) is 0 Å². The van der Waals surface area contributed by atoms with Gasteiger partial charge in [0.05, 0.1) is 0 Å². The van der Waals surface area contributed by atoms with Gasteiger partial charge in [0.15, 0.2) is 0 Å². The molecule has 0 saturated heterocycles. The van der Waals surface area contributed by atoms with Crippen LogP contribution in [0.5, 0.6) is 5.75 Å². The fourth-order valence-electron chi connectivity index (χ4n) is 2.78. The lowest BCUT2D eigenvalue weighted by molar-refractivity contribution is 0.202. The molecule has 0 radical (unpaired) electrons. The summed E-state index contributed by atoms with van der Waals surface area (Å²) in [5.74, 6) is 1.01. The summed E-state index contributed by atoms with van der Waals surface area (Å²) in [6, 6.07) is 10.1. The fraction of sp³-hybridized carbons (Fsp3) is 0.667. The maximum atomic E-state index is 5.95. The number of rotatable bonds is 10. The van der Waals surface area contributed by atoms with Crippen LogP contribution in [0, 0.1) is 0 Å². The average Bonchev–Trinajstić information content (AvgIpc) is 3.39. The Balaban J connectivity index is 1.42. The maximum Gasteiger partial charge on any atom is 0.119 e. The zero-order valence-corrected chi connectivity index (χ0v) is 13.2. The lowest BCUT2D eigenvalue weighted by atomic mass is 10.2. The molecule has 1 aromatic rings. The molecule has 2 aliphatic rings. The van der Waals surface area contributed by atoms with Crippen molar-refractivity contribution in [2.75, 3.05) is 19.7 Å². The molecule has 0 bridgehead atoms. The van der Waals surface area contributed by atoms with Crippen LogP contribution in [-0.4, -0.2) is 36.7 Å². The molecule has 0 aliphatic heterocycles. The molecule has 3 rings (SSSR count). The number of hydrogen-bond acceptors (Lipinski definition) is 3. The molecule has 0 amide bonds. The second-order valence-corrected chi connectivity index (χ2v) is 6.42. The first-order valence-corrected chi connectivity index (χ1v) is 8.54. The van der Waals surface area contributed by atoms with Crippen molar-refractivity contribution in [3.05, 3.63) is 29.8 Å². The van der Waals surface area contributed by atoms with E-state index in [-0.39, 0.29) is 0 Å². The van der Waals surface area contributed by atoms with Gasteiger partial charge in [-0.15, -0.1) is 0 Å². The van der Waals surface area contributed by atoms with Crippen molar-refractivity contribution >= 4 is 0 Å². The predicted octanol–water partition coefficient (Wildman–Crippen LogP) is 3.19. The Labute approximate surface area is 128 Å². The Morgan fingerprint density at radius 1 is 1.19 bits per heavy atom. The third-order valence-electron chi connectivity index (χ3n) is 4.29. The van der Waals surface area contributed by atoms with Crippen LogP contribution in [0.3, 0.4) is 0 Å². The summed E-state index contributed by atoms with van der Waals surface area (Å²) in [6.07, 6.45) is 6.67. The Bertz CT molecular complexity index is 441. The molecule has 0 aromatic heterocycles. The van der Waals surface area contributed by atoms with Gasteiger partial charge in [0, 0.05) is 25.2 Å². The number of nitrogens with zero attached hydrogens (tertiary/aromatic N) is 1. The van der Waals surface area contributed by atoms with Crippen LogP contribution >= 0.6 is 0 Å². The lowest BCUT2D eigenvalue weighted by Crippen LogP contribution is -2.31. The fourth-order valence-corrected chi connectivity index (χ4v) is 2.78. The molecule has 0 spiro atoms. The molecule has 116 valence electrons. The average molecular weight is 288 g/mol. The van der Waals surface area contributed by atoms with Crippen molar-refractivity contribution in [2.24, 2.45) is 0 Å². The highest BCUT2D eigenvalue weighted by molar-refractivity contribution is 5.28. The van der Waals surface area contributed by atoms with Crippen LogP contribution in [0.1, 0.15) is 44.6 Å². The molecule has 2 saturated carbocycles. The van der Waals surface area contributed by atoms with E-state index in [4.69, 9.17) is 4.74 Å². The number of ether oxygens (including phenoxy) is 1. The normalized spacial score (nSPS) is 18.2. The SMILES string of the molecule is CCCN(CCOc1cccc(CNC2CC2)c1)C1CC1. The molecule has 1 N–H and O–H groups in total. The van der Waals surface area contributed by atoms with Gasteiger partial charge < -0.3 is 10.1 Å². The summed E-state index contributed by atoms with van der Waals surface area (Å²) in [5.41, 5.74) is 1.33. The molecule has 3 nitrogen and oxygen atoms in total. The minimum atomic E-state index is 0.760. The van der Waals surface area contributed by atoms with Gasteiger partial charge in [0.25, 0.3) is 0 Å². The third kappa shape index (κ3) is 5.01. The van der Waals surface area contributed by atoms with Crippen molar-refractivity contribution in [3.63, 3.8) is 0 Å². The molecule has 21 heavy (non-hydrogen) atoms. The van der Waals surface area contributed by atoms with E-state index in [1.807, 2.05) is 0 Å². The monoisotopic (exact) mass is 288 g/mol. The van der Waals surface area contributed by atoms with E-state index in [1.54, 1.807) is 0 Å². The highest BCUT2D eigenvalue weighted by Gasteiger charge is 2.27. The molecule has 3 heteroatoms. The standard InChI is InChI=1S/C18H28N2O/c1-2-10-20(17-8-9-17)11-12-21-18-5-3-4-15(13-18)14-19-16-6-7-16/h3-5,13,16-17,19H,2,6-12,14H2,1H3. The van der Waals surface area contributed by atoms with Crippen molar-refractivity contribution in [3.8, 4) is 5.75 Å². The minimum absolute atomic E-state index is 0.760. The van der Waals surface area contributed by atoms with E-state index in [0.29, 0.717) is 0 Å². The molecule has 0 atom stereocenters. The highest BCUT2D eigenvalue weighted by Crippen LogP contribution is 2.26. The first-order valence-electron chi connectivity index (χ1n) is 8.54. The van der Waals surface area contributed by atoms with E-state index in [2.05, 4.69) is 41.4 Å². The highest BCUT2D eigenvalue weighted by atomic mass is 16.5. The van der Waals surface area contributed by atoms with Gasteiger partial charge in [-0.2, -0.15) is 0 Å². The molecule has 0 heterocycles. The van der Waals surface area contributed by atoms with E-state index in [0.717, 1.165) is 37.5 Å². The Morgan fingerprint density at radius 3 is 2.76 bits per heavy atom. The van der Waals surface area contributed by atoms with E-state index >= 15 is 0 Å². The second kappa shape index (κ2) is 7.28. The Kier molecular flexibility index (Phi) is 5.15. The van der Waals surface area contributed by atoms with Crippen LogP contribution < -0.4 is 10.1 Å². The lowest BCUT2D eigenvalue weighted by Gasteiger charge is -2.21. The first kappa shape index (κ1) is 14.9. The number of hydrogen-bond donors (Lipinski definition) is 1. The summed E-state index contributed by atoms with van der Waals surface area (Å²) in [7, 11) is 0. The summed E-state index contributed by atoms with van der Waals surface area (Å²) < 4.78 is 5.95. The van der Waals surface area contributed by atoms with Gasteiger partial charge in [-0.1, -0.05) is 19.1 Å². The van der Waals surface area contributed by atoms with E-state index < -0.39 is 0 Å². The van der Waals surface area contributed by atoms with Gasteiger partial charge in [-0.05, 0) is 56.3 Å². The predicted molar refractivity (Wildman–Crippen MR) is 86.7 cm³/mol. The van der Waals surface area contributed by atoms with E-state index in [9.17, 15) is 0 Å².